The van der Waals surface area contributed by atoms with E-state index in [9.17, 15) is 19.2 Å². The Hall–Kier alpha value is -3.32. The van der Waals surface area contributed by atoms with E-state index in [4.69, 9.17) is 40.9 Å². The highest BCUT2D eigenvalue weighted by atomic mass is 16.4. The summed E-state index contributed by atoms with van der Waals surface area (Å²) in [7, 11) is 0. The van der Waals surface area contributed by atoms with Gasteiger partial charge in [0.15, 0.2) is 0 Å². The minimum absolute atomic E-state index is 0.127. The SMILES string of the molecule is C=C(C)C(=O)O.C=C(C)C(=O)O.C=C(C)C(=O)O.C=C(C)C(=O)O.CCC(CO)C(CO)(CO)CO. The lowest BCUT2D eigenvalue weighted by molar-refractivity contribution is -0.133. The predicted octanol–water partition coefficient (Wildman–Crippen LogP) is 1.56. The van der Waals surface area contributed by atoms with Crippen LogP contribution in [0, 0.1) is 11.3 Å². The molecule has 8 N–H and O–H groups in total. The lowest BCUT2D eigenvalue weighted by Crippen LogP contribution is -2.42. The molecule has 0 spiro atoms. The maximum atomic E-state index is 9.60. The zero-order valence-corrected chi connectivity index (χ0v) is 21.7. The van der Waals surface area contributed by atoms with E-state index in [0.717, 1.165) is 0 Å². The number of aliphatic carboxylic acids is 4. The van der Waals surface area contributed by atoms with Crippen LogP contribution in [0.15, 0.2) is 48.6 Å². The van der Waals surface area contributed by atoms with Gasteiger partial charge in [0, 0.05) is 34.3 Å². The van der Waals surface area contributed by atoms with Crippen molar-refractivity contribution in [1.29, 1.82) is 0 Å². The summed E-state index contributed by atoms with van der Waals surface area (Å²) in [6.07, 6.45) is 0.623. The maximum absolute atomic E-state index is 9.60. The van der Waals surface area contributed by atoms with Gasteiger partial charge in [0.2, 0.25) is 0 Å². The smallest absolute Gasteiger partial charge is 0.330 e. The van der Waals surface area contributed by atoms with Crippen LogP contribution in [0.2, 0.25) is 0 Å². The van der Waals surface area contributed by atoms with Crippen LogP contribution >= 0.6 is 0 Å². The average Bonchev–Trinajstić information content (AvgIpc) is 2.79. The molecule has 12 nitrogen and oxygen atoms in total. The Bertz CT molecular complexity index is 577. The van der Waals surface area contributed by atoms with Crippen molar-refractivity contribution in [3.63, 3.8) is 0 Å². The molecule has 210 valence electrons. The number of hydrogen-bond acceptors (Lipinski definition) is 8. The Balaban J connectivity index is -0.000000116. The van der Waals surface area contributed by atoms with Crippen LogP contribution in [-0.2, 0) is 19.2 Å². The number of carboxylic acids is 4. The highest BCUT2D eigenvalue weighted by molar-refractivity contribution is 5.85. The molecule has 0 saturated heterocycles. The van der Waals surface area contributed by atoms with Crippen LogP contribution in [0.3, 0.4) is 0 Å². The number of aliphatic hydroxyl groups excluding tert-OH is 4. The van der Waals surface area contributed by atoms with Crippen molar-refractivity contribution in [2.75, 3.05) is 26.4 Å². The Labute approximate surface area is 211 Å². The summed E-state index contributed by atoms with van der Waals surface area (Å²) in [5.74, 6) is -3.99. The number of hydrogen-bond donors (Lipinski definition) is 8. The maximum Gasteiger partial charge on any atom is 0.330 e. The summed E-state index contributed by atoms with van der Waals surface area (Å²) in [5, 5.41) is 67.4. The first-order chi connectivity index (χ1) is 16.3. The van der Waals surface area contributed by atoms with Crippen LogP contribution in [0.4, 0.5) is 0 Å². The highest BCUT2D eigenvalue weighted by Crippen LogP contribution is 2.28. The van der Waals surface area contributed by atoms with Gasteiger partial charge in [-0.05, 0) is 33.6 Å². The van der Waals surface area contributed by atoms with Crippen molar-refractivity contribution in [3.05, 3.63) is 48.6 Å². The van der Waals surface area contributed by atoms with Gasteiger partial charge in [-0.2, -0.15) is 0 Å². The third kappa shape index (κ3) is 26.9. The average molecular weight is 523 g/mol. The third-order valence-corrected chi connectivity index (χ3v) is 3.98. The molecule has 0 aromatic carbocycles. The van der Waals surface area contributed by atoms with E-state index < -0.39 is 29.3 Å². The number of carbonyl (C=O) groups is 4. The largest absolute Gasteiger partial charge is 0.478 e. The Kier molecular flexibility index (Phi) is 29.5. The third-order valence-electron chi connectivity index (χ3n) is 3.98. The molecule has 0 aliphatic heterocycles. The molecule has 1 atom stereocenters. The molecule has 0 aliphatic carbocycles. The van der Waals surface area contributed by atoms with Crippen LogP contribution < -0.4 is 0 Å². The molecule has 0 aromatic heterocycles. The molecule has 0 fully saturated rings. The van der Waals surface area contributed by atoms with Gasteiger partial charge in [-0.25, -0.2) is 19.2 Å². The van der Waals surface area contributed by atoms with E-state index in [0.29, 0.717) is 6.42 Å². The molecule has 12 heteroatoms. The summed E-state index contributed by atoms with van der Waals surface area (Å²) in [6.45, 7) is 19.2. The molecule has 0 bridgehead atoms. The summed E-state index contributed by atoms with van der Waals surface area (Å²) in [4.78, 5) is 38.4. The van der Waals surface area contributed by atoms with Crippen molar-refractivity contribution in [2.45, 2.75) is 41.0 Å². The van der Waals surface area contributed by atoms with Crippen LogP contribution in [0.5, 0.6) is 0 Å². The molecular formula is C24H42O12. The fourth-order valence-electron chi connectivity index (χ4n) is 1.29. The normalized spacial score (nSPS) is 9.92. The van der Waals surface area contributed by atoms with Gasteiger partial charge >= 0.3 is 23.9 Å². The molecule has 0 heterocycles. The number of aliphatic hydroxyl groups is 4. The molecule has 0 radical (unpaired) electrons. The van der Waals surface area contributed by atoms with Gasteiger partial charge in [0.05, 0.1) is 19.8 Å². The molecule has 0 aromatic rings. The highest BCUT2D eigenvalue weighted by Gasteiger charge is 2.35. The van der Waals surface area contributed by atoms with Crippen molar-refractivity contribution in [2.24, 2.45) is 11.3 Å². The molecule has 1 unspecified atom stereocenters. The predicted molar refractivity (Wildman–Crippen MR) is 134 cm³/mol. The van der Waals surface area contributed by atoms with Gasteiger partial charge in [-0.1, -0.05) is 39.7 Å². The van der Waals surface area contributed by atoms with E-state index in [-0.39, 0.29) is 54.6 Å². The summed E-state index contributed by atoms with van der Waals surface area (Å²) in [5.41, 5.74) is -0.237. The van der Waals surface area contributed by atoms with Gasteiger partial charge in [-0.3, -0.25) is 0 Å². The van der Waals surface area contributed by atoms with Gasteiger partial charge in [-0.15, -0.1) is 0 Å². The zero-order valence-electron chi connectivity index (χ0n) is 21.7. The first kappa shape index (κ1) is 42.8. The Morgan fingerprint density at radius 2 is 0.750 bits per heavy atom. The van der Waals surface area contributed by atoms with Crippen LogP contribution in [-0.4, -0.2) is 91.2 Å². The second kappa shape index (κ2) is 24.8. The molecule has 0 saturated carbocycles. The summed E-state index contributed by atoms with van der Waals surface area (Å²) in [6, 6.07) is 0. The zero-order chi connectivity index (χ0) is 30.2. The first-order valence-corrected chi connectivity index (χ1v) is 10.3. The molecule has 0 rings (SSSR count). The van der Waals surface area contributed by atoms with E-state index in [2.05, 4.69) is 26.3 Å². The molecule has 36 heavy (non-hydrogen) atoms. The van der Waals surface area contributed by atoms with E-state index in [1.54, 1.807) is 0 Å². The standard InChI is InChI=1S/C8H18O4.4C4H6O2/c1-2-7(3-9)8(4-10,5-11)6-12;4*1-3(2)4(5)6/h7,9-12H,2-6H2,1H3;4*1H2,2H3,(H,5,6). The van der Waals surface area contributed by atoms with Crippen LogP contribution in [0.25, 0.3) is 0 Å². The fraction of sp³-hybridized carbons (Fsp3) is 0.500. The Morgan fingerprint density at radius 3 is 0.778 bits per heavy atom. The first-order valence-electron chi connectivity index (χ1n) is 10.3. The second-order valence-corrected chi connectivity index (χ2v) is 7.47. The quantitative estimate of drug-likeness (QED) is 0.191. The van der Waals surface area contributed by atoms with Crippen molar-refractivity contribution in [1.82, 2.24) is 0 Å². The monoisotopic (exact) mass is 522 g/mol. The Morgan fingerprint density at radius 1 is 0.583 bits per heavy atom. The minimum atomic E-state index is -0.941. The van der Waals surface area contributed by atoms with E-state index in [1.807, 2.05) is 6.92 Å². The molecule has 0 amide bonds. The lowest BCUT2D eigenvalue weighted by atomic mass is 9.76. The van der Waals surface area contributed by atoms with Gasteiger partial charge in [0.1, 0.15) is 0 Å². The lowest BCUT2D eigenvalue weighted by Gasteiger charge is -2.34. The van der Waals surface area contributed by atoms with Crippen molar-refractivity contribution in [3.8, 4) is 0 Å². The number of carboxylic acid groups (broad SMARTS) is 4. The van der Waals surface area contributed by atoms with Gasteiger partial charge < -0.3 is 40.9 Å². The molecule has 0 aliphatic rings. The minimum Gasteiger partial charge on any atom is -0.478 e. The van der Waals surface area contributed by atoms with Crippen LogP contribution in [0.1, 0.15) is 41.0 Å². The fourth-order valence-corrected chi connectivity index (χ4v) is 1.29. The van der Waals surface area contributed by atoms with Crippen molar-refractivity contribution < 1.29 is 60.0 Å². The van der Waals surface area contributed by atoms with Crippen molar-refractivity contribution >= 4 is 23.9 Å². The number of rotatable bonds is 10. The summed E-state index contributed by atoms with van der Waals surface area (Å²) >= 11 is 0. The molecular weight excluding hydrogens is 480 g/mol. The van der Waals surface area contributed by atoms with E-state index >= 15 is 0 Å². The summed E-state index contributed by atoms with van der Waals surface area (Å²) < 4.78 is 0. The van der Waals surface area contributed by atoms with E-state index in [1.165, 1.54) is 27.7 Å². The topological polar surface area (TPSA) is 230 Å². The second-order valence-electron chi connectivity index (χ2n) is 7.47. The van der Waals surface area contributed by atoms with Gasteiger partial charge in [0.25, 0.3) is 0 Å².